The van der Waals surface area contributed by atoms with Gasteiger partial charge in [0, 0.05) is 26.2 Å². The summed E-state index contributed by atoms with van der Waals surface area (Å²) in [6.45, 7) is 9.38. The zero-order valence-electron chi connectivity index (χ0n) is 10.9. The molecule has 2 fully saturated rings. The van der Waals surface area contributed by atoms with Crippen molar-refractivity contribution in [1.29, 1.82) is 0 Å². The fourth-order valence-corrected chi connectivity index (χ4v) is 3.10. The van der Waals surface area contributed by atoms with Crippen LogP contribution in [0.2, 0.25) is 0 Å². The predicted molar refractivity (Wildman–Crippen MR) is 66.6 cm³/mol. The molecule has 4 unspecified atom stereocenters. The summed E-state index contributed by atoms with van der Waals surface area (Å²) in [4.78, 5) is 2.64. The molecule has 2 heterocycles. The molecule has 2 aliphatic heterocycles. The van der Waals surface area contributed by atoms with Crippen LogP contribution in [0.5, 0.6) is 0 Å². The second kappa shape index (κ2) is 5.48. The van der Waals surface area contributed by atoms with E-state index in [4.69, 9.17) is 4.74 Å². The van der Waals surface area contributed by atoms with Gasteiger partial charge < -0.3 is 10.1 Å². The summed E-state index contributed by atoms with van der Waals surface area (Å²) in [6, 6.07) is 0.730. The summed E-state index contributed by atoms with van der Waals surface area (Å²) in [5.74, 6) is 1.54. The number of nitrogens with one attached hydrogen (secondary N) is 1. The molecule has 1 N–H and O–H groups in total. The van der Waals surface area contributed by atoms with E-state index in [1.54, 1.807) is 0 Å². The third kappa shape index (κ3) is 2.76. The van der Waals surface area contributed by atoms with Gasteiger partial charge in [0.1, 0.15) is 0 Å². The molecule has 4 atom stereocenters. The van der Waals surface area contributed by atoms with Gasteiger partial charge in [-0.25, -0.2) is 0 Å². The minimum atomic E-state index is 0.436. The van der Waals surface area contributed by atoms with Gasteiger partial charge >= 0.3 is 0 Å². The number of nitrogens with zero attached hydrogens (tertiary/aromatic N) is 1. The second-order valence-corrected chi connectivity index (χ2v) is 5.69. The highest BCUT2D eigenvalue weighted by Crippen LogP contribution is 2.24. The summed E-state index contributed by atoms with van der Waals surface area (Å²) in [5.41, 5.74) is 0. The molecule has 0 radical (unpaired) electrons. The first-order chi connectivity index (χ1) is 7.70. The summed E-state index contributed by atoms with van der Waals surface area (Å²) in [6.07, 6.45) is 3.06. The number of rotatable bonds is 2. The summed E-state index contributed by atoms with van der Waals surface area (Å²) in [7, 11) is 1.85. The second-order valence-electron chi connectivity index (χ2n) is 5.69. The summed E-state index contributed by atoms with van der Waals surface area (Å²) >= 11 is 0. The van der Waals surface area contributed by atoms with Gasteiger partial charge in [0.25, 0.3) is 0 Å². The molecule has 0 bridgehead atoms. The maximum absolute atomic E-state index is 5.59. The number of methoxy groups -OCH3 is 1. The summed E-state index contributed by atoms with van der Waals surface area (Å²) in [5, 5.41) is 3.54. The van der Waals surface area contributed by atoms with Crippen molar-refractivity contribution in [3.63, 3.8) is 0 Å². The lowest BCUT2D eigenvalue weighted by Gasteiger charge is -2.43. The van der Waals surface area contributed by atoms with Crippen molar-refractivity contribution in [2.24, 2.45) is 11.8 Å². The molecule has 0 amide bonds. The molecule has 0 aliphatic carbocycles. The van der Waals surface area contributed by atoms with Crippen LogP contribution < -0.4 is 5.32 Å². The molecular formula is C13H26N2O. The molecule has 0 aromatic heterocycles. The van der Waals surface area contributed by atoms with E-state index < -0.39 is 0 Å². The lowest BCUT2D eigenvalue weighted by Crippen LogP contribution is -2.54. The zero-order chi connectivity index (χ0) is 11.5. The van der Waals surface area contributed by atoms with E-state index in [1.807, 2.05) is 7.11 Å². The molecule has 94 valence electrons. The van der Waals surface area contributed by atoms with Crippen molar-refractivity contribution in [1.82, 2.24) is 10.2 Å². The molecule has 0 aromatic rings. The van der Waals surface area contributed by atoms with Crippen LogP contribution in [0, 0.1) is 11.8 Å². The molecule has 3 heteroatoms. The SMILES string of the molecule is COC1CN(C2CNCC(C)C2)CCC1C. The Morgan fingerprint density at radius 1 is 1.25 bits per heavy atom. The standard InChI is InChI=1S/C13H26N2O/c1-10-6-12(8-14-7-10)15-5-4-11(2)13(9-15)16-3/h10-14H,4-9H2,1-3H3. The number of ether oxygens (including phenoxy) is 1. The van der Waals surface area contributed by atoms with Gasteiger partial charge in [-0.2, -0.15) is 0 Å². The van der Waals surface area contributed by atoms with Gasteiger partial charge in [0.2, 0.25) is 0 Å². The Hall–Kier alpha value is -0.120. The molecule has 2 aliphatic rings. The van der Waals surface area contributed by atoms with Crippen LogP contribution in [0.3, 0.4) is 0 Å². The lowest BCUT2D eigenvalue weighted by atomic mass is 9.91. The molecular weight excluding hydrogens is 200 g/mol. The topological polar surface area (TPSA) is 24.5 Å². The molecule has 3 nitrogen and oxygen atoms in total. The van der Waals surface area contributed by atoms with Gasteiger partial charge in [0.15, 0.2) is 0 Å². The maximum atomic E-state index is 5.59. The van der Waals surface area contributed by atoms with E-state index >= 15 is 0 Å². The largest absolute Gasteiger partial charge is 0.380 e. The fourth-order valence-electron chi connectivity index (χ4n) is 3.10. The average molecular weight is 226 g/mol. The molecule has 0 spiro atoms. The first-order valence-electron chi connectivity index (χ1n) is 6.68. The van der Waals surface area contributed by atoms with E-state index in [-0.39, 0.29) is 0 Å². The Bertz CT molecular complexity index is 222. The molecule has 16 heavy (non-hydrogen) atoms. The third-order valence-electron chi connectivity index (χ3n) is 4.29. The van der Waals surface area contributed by atoms with Gasteiger partial charge in [-0.15, -0.1) is 0 Å². The molecule has 2 saturated heterocycles. The number of likely N-dealkylation sites (tertiary alicyclic amines) is 1. The lowest BCUT2D eigenvalue weighted by molar-refractivity contribution is -0.0246. The fraction of sp³-hybridized carbons (Fsp3) is 1.00. The minimum absolute atomic E-state index is 0.436. The van der Waals surface area contributed by atoms with Crippen LogP contribution in [0.1, 0.15) is 26.7 Å². The van der Waals surface area contributed by atoms with Crippen LogP contribution in [-0.2, 0) is 4.74 Å². The van der Waals surface area contributed by atoms with Crippen LogP contribution in [0.15, 0.2) is 0 Å². The minimum Gasteiger partial charge on any atom is -0.380 e. The average Bonchev–Trinajstić information content (AvgIpc) is 2.29. The van der Waals surface area contributed by atoms with Crippen LogP contribution in [-0.4, -0.2) is 50.3 Å². The van der Waals surface area contributed by atoms with Gasteiger partial charge in [0.05, 0.1) is 6.10 Å². The van der Waals surface area contributed by atoms with Crippen molar-refractivity contribution < 1.29 is 4.74 Å². The van der Waals surface area contributed by atoms with E-state index in [0.717, 1.165) is 31.0 Å². The van der Waals surface area contributed by atoms with E-state index in [0.29, 0.717) is 6.10 Å². The molecule has 0 saturated carbocycles. The predicted octanol–water partition coefficient (Wildman–Crippen LogP) is 1.34. The highest BCUT2D eigenvalue weighted by atomic mass is 16.5. The van der Waals surface area contributed by atoms with Gasteiger partial charge in [-0.05, 0) is 37.8 Å². The van der Waals surface area contributed by atoms with Crippen molar-refractivity contribution in [2.75, 3.05) is 33.3 Å². The van der Waals surface area contributed by atoms with Crippen LogP contribution in [0.4, 0.5) is 0 Å². The Morgan fingerprint density at radius 2 is 2.06 bits per heavy atom. The highest BCUT2D eigenvalue weighted by Gasteiger charge is 2.31. The van der Waals surface area contributed by atoms with Crippen molar-refractivity contribution in [3.05, 3.63) is 0 Å². The smallest absolute Gasteiger partial charge is 0.0724 e. The quantitative estimate of drug-likeness (QED) is 0.769. The molecule has 0 aromatic carbocycles. The van der Waals surface area contributed by atoms with E-state index in [9.17, 15) is 0 Å². The van der Waals surface area contributed by atoms with E-state index in [1.165, 1.54) is 25.9 Å². The van der Waals surface area contributed by atoms with Gasteiger partial charge in [-0.1, -0.05) is 13.8 Å². The Balaban J connectivity index is 1.89. The Kier molecular flexibility index (Phi) is 4.22. The number of hydrogen-bond acceptors (Lipinski definition) is 3. The first kappa shape index (κ1) is 12.3. The monoisotopic (exact) mass is 226 g/mol. The third-order valence-corrected chi connectivity index (χ3v) is 4.29. The first-order valence-corrected chi connectivity index (χ1v) is 6.68. The normalized spacial score (nSPS) is 42.2. The van der Waals surface area contributed by atoms with Crippen LogP contribution in [0.25, 0.3) is 0 Å². The Morgan fingerprint density at radius 3 is 2.75 bits per heavy atom. The number of piperidine rings is 2. The number of hydrogen-bond donors (Lipinski definition) is 1. The van der Waals surface area contributed by atoms with Crippen molar-refractivity contribution in [2.45, 2.75) is 38.8 Å². The maximum Gasteiger partial charge on any atom is 0.0724 e. The highest BCUT2D eigenvalue weighted by molar-refractivity contribution is 4.87. The Labute approximate surface area is 99.5 Å². The van der Waals surface area contributed by atoms with Crippen LogP contribution >= 0.6 is 0 Å². The van der Waals surface area contributed by atoms with Crippen molar-refractivity contribution in [3.8, 4) is 0 Å². The van der Waals surface area contributed by atoms with E-state index in [2.05, 4.69) is 24.1 Å². The summed E-state index contributed by atoms with van der Waals surface area (Å²) < 4.78 is 5.59. The zero-order valence-corrected chi connectivity index (χ0v) is 10.9. The molecule has 2 rings (SSSR count). The van der Waals surface area contributed by atoms with Crippen molar-refractivity contribution >= 4 is 0 Å². The van der Waals surface area contributed by atoms with Gasteiger partial charge in [-0.3, -0.25) is 4.90 Å².